The van der Waals surface area contributed by atoms with Crippen LogP contribution in [0.5, 0.6) is 0 Å². The fourth-order valence-electron chi connectivity index (χ4n) is 1.11. The SMILES string of the molecule is ON=CN1CCCCC1. The minimum atomic E-state index is 1.05. The maximum atomic E-state index is 8.15. The summed E-state index contributed by atoms with van der Waals surface area (Å²) in [6, 6.07) is 0. The van der Waals surface area contributed by atoms with Crippen molar-refractivity contribution < 1.29 is 5.21 Å². The lowest BCUT2D eigenvalue weighted by atomic mass is 10.1. The highest BCUT2D eigenvalue weighted by atomic mass is 16.4. The van der Waals surface area contributed by atoms with Crippen molar-refractivity contribution in [2.24, 2.45) is 5.16 Å². The fourth-order valence-corrected chi connectivity index (χ4v) is 1.11. The van der Waals surface area contributed by atoms with E-state index < -0.39 is 0 Å². The highest BCUT2D eigenvalue weighted by Crippen LogP contribution is 2.05. The van der Waals surface area contributed by atoms with Gasteiger partial charge in [-0.25, -0.2) is 0 Å². The largest absolute Gasteiger partial charge is 0.410 e. The molecule has 0 aromatic carbocycles. The van der Waals surface area contributed by atoms with Crippen LogP contribution in [0, 0.1) is 0 Å². The minimum absolute atomic E-state index is 1.05. The molecule has 52 valence electrons. The van der Waals surface area contributed by atoms with Gasteiger partial charge in [0.1, 0.15) is 6.34 Å². The molecule has 1 rings (SSSR count). The number of piperidine rings is 1. The van der Waals surface area contributed by atoms with E-state index in [0.717, 1.165) is 13.1 Å². The summed E-state index contributed by atoms with van der Waals surface area (Å²) >= 11 is 0. The summed E-state index contributed by atoms with van der Waals surface area (Å²) in [5, 5.41) is 11.1. The van der Waals surface area contributed by atoms with Crippen LogP contribution in [-0.4, -0.2) is 29.5 Å². The second kappa shape index (κ2) is 3.33. The molecule has 1 fully saturated rings. The molecule has 0 aromatic heterocycles. The topological polar surface area (TPSA) is 35.8 Å². The molecule has 1 aliphatic heterocycles. The van der Waals surface area contributed by atoms with E-state index >= 15 is 0 Å². The van der Waals surface area contributed by atoms with E-state index in [1.54, 1.807) is 0 Å². The Hall–Kier alpha value is -0.730. The summed E-state index contributed by atoms with van der Waals surface area (Å²) in [5.74, 6) is 0. The number of likely N-dealkylation sites (tertiary alicyclic amines) is 1. The van der Waals surface area contributed by atoms with Crippen LogP contribution in [-0.2, 0) is 0 Å². The Balaban J connectivity index is 2.23. The highest BCUT2D eigenvalue weighted by Gasteiger charge is 2.04. The van der Waals surface area contributed by atoms with Crippen LogP contribution in [0.1, 0.15) is 19.3 Å². The average Bonchev–Trinajstić information content (AvgIpc) is 1.91. The van der Waals surface area contributed by atoms with Gasteiger partial charge in [-0.2, -0.15) is 0 Å². The summed E-state index contributed by atoms with van der Waals surface area (Å²) in [6.07, 6.45) is 5.27. The van der Waals surface area contributed by atoms with E-state index in [1.165, 1.54) is 25.6 Å². The molecule has 0 spiro atoms. The quantitative estimate of drug-likeness (QED) is 0.246. The van der Waals surface area contributed by atoms with Gasteiger partial charge >= 0.3 is 0 Å². The Morgan fingerprint density at radius 3 is 2.44 bits per heavy atom. The molecule has 0 radical (unpaired) electrons. The first-order chi connectivity index (χ1) is 4.43. The average molecular weight is 128 g/mol. The van der Waals surface area contributed by atoms with Gasteiger partial charge in [-0.05, 0) is 19.3 Å². The third-order valence-electron chi connectivity index (χ3n) is 1.61. The van der Waals surface area contributed by atoms with Crippen molar-refractivity contribution in [2.45, 2.75) is 19.3 Å². The maximum absolute atomic E-state index is 8.15. The Labute approximate surface area is 55.0 Å². The van der Waals surface area contributed by atoms with Crippen LogP contribution in [0.3, 0.4) is 0 Å². The van der Waals surface area contributed by atoms with Gasteiger partial charge in [0.05, 0.1) is 0 Å². The van der Waals surface area contributed by atoms with Crippen molar-refractivity contribution in [3.05, 3.63) is 0 Å². The molecule has 3 heteroatoms. The third kappa shape index (κ3) is 1.91. The Kier molecular flexibility index (Phi) is 2.36. The first-order valence-electron chi connectivity index (χ1n) is 3.35. The first-order valence-corrected chi connectivity index (χ1v) is 3.35. The molecule has 9 heavy (non-hydrogen) atoms. The van der Waals surface area contributed by atoms with Crippen molar-refractivity contribution in [3.63, 3.8) is 0 Å². The van der Waals surface area contributed by atoms with Crippen molar-refractivity contribution in [3.8, 4) is 0 Å². The number of nitrogens with zero attached hydrogens (tertiary/aromatic N) is 2. The minimum Gasteiger partial charge on any atom is -0.410 e. The van der Waals surface area contributed by atoms with Crippen LogP contribution in [0.4, 0.5) is 0 Å². The summed E-state index contributed by atoms with van der Waals surface area (Å²) < 4.78 is 0. The monoisotopic (exact) mass is 128 g/mol. The Bertz CT molecular complexity index is 97.2. The lowest BCUT2D eigenvalue weighted by molar-refractivity contribution is 0.293. The molecule has 0 bridgehead atoms. The molecule has 1 saturated heterocycles. The summed E-state index contributed by atoms with van der Waals surface area (Å²) in [7, 11) is 0. The summed E-state index contributed by atoms with van der Waals surface area (Å²) in [5.41, 5.74) is 0. The summed E-state index contributed by atoms with van der Waals surface area (Å²) in [6.45, 7) is 2.09. The fraction of sp³-hybridized carbons (Fsp3) is 0.833. The zero-order valence-electron chi connectivity index (χ0n) is 5.45. The maximum Gasteiger partial charge on any atom is 0.130 e. The second-order valence-corrected chi connectivity index (χ2v) is 2.33. The Morgan fingerprint density at radius 2 is 1.89 bits per heavy atom. The standard InChI is InChI=1S/C6H12N2O/c9-7-6-8-4-2-1-3-5-8/h6,9H,1-5H2. The molecule has 1 aliphatic rings. The van der Waals surface area contributed by atoms with Gasteiger partial charge in [0.15, 0.2) is 0 Å². The van der Waals surface area contributed by atoms with Gasteiger partial charge in [0, 0.05) is 13.1 Å². The molecule has 0 aromatic rings. The van der Waals surface area contributed by atoms with Gasteiger partial charge in [-0.15, -0.1) is 0 Å². The lowest BCUT2D eigenvalue weighted by Gasteiger charge is -2.22. The zero-order valence-corrected chi connectivity index (χ0v) is 5.45. The molecule has 3 nitrogen and oxygen atoms in total. The lowest BCUT2D eigenvalue weighted by Crippen LogP contribution is -2.28. The van der Waals surface area contributed by atoms with E-state index in [2.05, 4.69) is 5.16 Å². The van der Waals surface area contributed by atoms with E-state index in [0.29, 0.717) is 0 Å². The predicted octanol–water partition coefficient (Wildman–Crippen LogP) is 0.890. The number of rotatable bonds is 1. The number of hydrogen-bond donors (Lipinski definition) is 1. The zero-order chi connectivity index (χ0) is 6.53. The van der Waals surface area contributed by atoms with Crippen molar-refractivity contribution in [1.82, 2.24) is 4.90 Å². The van der Waals surface area contributed by atoms with Gasteiger partial charge in [0.25, 0.3) is 0 Å². The first kappa shape index (κ1) is 6.39. The molecule has 0 unspecified atom stereocenters. The highest BCUT2D eigenvalue weighted by molar-refractivity contribution is 5.53. The van der Waals surface area contributed by atoms with E-state index in [-0.39, 0.29) is 0 Å². The van der Waals surface area contributed by atoms with Crippen LogP contribution >= 0.6 is 0 Å². The Morgan fingerprint density at radius 1 is 1.22 bits per heavy atom. The van der Waals surface area contributed by atoms with Gasteiger partial charge in [-0.3, -0.25) is 0 Å². The van der Waals surface area contributed by atoms with Crippen LogP contribution in [0.25, 0.3) is 0 Å². The number of hydrogen-bond acceptors (Lipinski definition) is 2. The third-order valence-corrected chi connectivity index (χ3v) is 1.61. The van der Waals surface area contributed by atoms with Gasteiger partial charge < -0.3 is 10.1 Å². The van der Waals surface area contributed by atoms with Crippen LogP contribution in [0.15, 0.2) is 5.16 Å². The van der Waals surface area contributed by atoms with Crippen LogP contribution < -0.4 is 0 Å². The normalized spacial score (nSPS) is 21.1. The van der Waals surface area contributed by atoms with Crippen molar-refractivity contribution in [1.29, 1.82) is 0 Å². The molecule has 0 amide bonds. The molecule has 1 N–H and O–H groups in total. The van der Waals surface area contributed by atoms with E-state index in [4.69, 9.17) is 5.21 Å². The summed E-state index contributed by atoms with van der Waals surface area (Å²) in [4.78, 5) is 2.03. The van der Waals surface area contributed by atoms with E-state index in [9.17, 15) is 0 Å². The molecule has 0 saturated carbocycles. The van der Waals surface area contributed by atoms with Crippen LogP contribution in [0.2, 0.25) is 0 Å². The molecular formula is C6H12N2O. The molecule has 0 aliphatic carbocycles. The number of oxime groups is 1. The van der Waals surface area contributed by atoms with Crippen molar-refractivity contribution in [2.75, 3.05) is 13.1 Å². The smallest absolute Gasteiger partial charge is 0.130 e. The van der Waals surface area contributed by atoms with Gasteiger partial charge in [-0.1, -0.05) is 5.16 Å². The molecule has 1 heterocycles. The van der Waals surface area contributed by atoms with E-state index in [1.807, 2.05) is 4.90 Å². The van der Waals surface area contributed by atoms with Crippen molar-refractivity contribution >= 4 is 6.34 Å². The van der Waals surface area contributed by atoms with Gasteiger partial charge in [0.2, 0.25) is 0 Å². The molecule has 0 atom stereocenters. The predicted molar refractivity (Wildman–Crippen MR) is 35.7 cm³/mol. The second-order valence-electron chi connectivity index (χ2n) is 2.33. The molecular weight excluding hydrogens is 116 g/mol.